The number of likely N-dealkylation sites (N-methyl/N-ethyl adjacent to an activating group) is 1. The molecule has 1 heterocycles. The quantitative estimate of drug-likeness (QED) is 0.603. The van der Waals surface area contributed by atoms with Crippen LogP contribution in [-0.4, -0.2) is 47.8 Å². The highest BCUT2D eigenvalue weighted by atomic mass is 16.3. The molecule has 1 rings (SSSR count). The van der Waals surface area contributed by atoms with E-state index in [9.17, 15) is 5.11 Å². The number of aliphatic hydroxyl groups excluding tert-OH is 1. The molecule has 0 saturated carbocycles. The Morgan fingerprint density at radius 3 is 3.00 bits per heavy atom. The Morgan fingerprint density at radius 1 is 1.60 bits per heavy atom. The number of aliphatic hydroxyl groups is 1. The summed E-state index contributed by atoms with van der Waals surface area (Å²) in [6, 6.07) is 4.07. The Hall–Kier alpha value is -0.840. The highest BCUT2D eigenvalue weighted by Crippen LogP contribution is 1.99. The third-order valence-electron chi connectivity index (χ3n) is 2.45. The lowest BCUT2D eigenvalue weighted by molar-refractivity contribution is 0.120. The topological polar surface area (TPSA) is 65.3 Å². The SMILES string of the molecule is CN(CCc1ccc[nH]1)CC(O)CCN. The Morgan fingerprint density at radius 2 is 2.40 bits per heavy atom. The molecule has 1 atom stereocenters. The van der Waals surface area contributed by atoms with Crippen LogP contribution in [0.15, 0.2) is 18.3 Å². The zero-order chi connectivity index (χ0) is 11.1. The Balaban J connectivity index is 2.15. The maximum Gasteiger partial charge on any atom is 0.0679 e. The van der Waals surface area contributed by atoms with Crippen molar-refractivity contribution in [1.29, 1.82) is 0 Å². The molecule has 0 aliphatic rings. The van der Waals surface area contributed by atoms with Crippen LogP contribution in [0.5, 0.6) is 0 Å². The summed E-state index contributed by atoms with van der Waals surface area (Å²) < 4.78 is 0. The van der Waals surface area contributed by atoms with Gasteiger partial charge in [-0.1, -0.05) is 0 Å². The molecule has 0 aromatic carbocycles. The van der Waals surface area contributed by atoms with E-state index in [0.717, 1.165) is 13.0 Å². The van der Waals surface area contributed by atoms with Crippen LogP contribution in [0, 0.1) is 0 Å². The molecular weight excluding hydrogens is 190 g/mol. The molecule has 0 fully saturated rings. The number of aromatic amines is 1. The second-order valence-electron chi connectivity index (χ2n) is 3.94. The Bertz CT molecular complexity index is 248. The number of nitrogens with zero attached hydrogens (tertiary/aromatic N) is 1. The molecule has 0 spiro atoms. The zero-order valence-electron chi connectivity index (χ0n) is 9.32. The summed E-state index contributed by atoms with van der Waals surface area (Å²) >= 11 is 0. The molecule has 0 radical (unpaired) electrons. The number of nitrogens with two attached hydrogens (primary N) is 1. The maximum absolute atomic E-state index is 9.55. The van der Waals surface area contributed by atoms with Gasteiger partial charge < -0.3 is 20.7 Å². The van der Waals surface area contributed by atoms with Crippen molar-refractivity contribution in [2.75, 3.05) is 26.7 Å². The largest absolute Gasteiger partial charge is 0.392 e. The van der Waals surface area contributed by atoms with E-state index in [1.165, 1.54) is 5.69 Å². The lowest BCUT2D eigenvalue weighted by atomic mass is 10.2. The van der Waals surface area contributed by atoms with Crippen LogP contribution in [0.2, 0.25) is 0 Å². The molecule has 0 bridgehead atoms. The van der Waals surface area contributed by atoms with Crippen molar-refractivity contribution in [1.82, 2.24) is 9.88 Å². The first-order valence-electron chi connectivity index (χ1n) is 5.41. The van der Waals surface area contributed by atoms with Crippen molar-refractivity contribution in [3.8, 4) is 0 Å². The van der Waals surface area contributed by atoms with E-state index < -0.39 is 0 Å². The van der Waals surface area contributed by atoms with Gasteiger partial charge in [-0.15, -0.1) is 0 Å². The van der Waals surface area contributed by atoms with Gasteiger partial charge in [-0.2, -0.15) is 0 Å². The zero-order valence-corrected chi connectivity index (χ0v) is 9.32. The minimum absolute atomic E-state index is 0.302. The van der Waals surface area contributed by atoms with Crippen molar-refractivity contribution < 1.29 is 5.11 Å². The summed E-state index contributed by atoms with van der Waals surface area (Å²) in [6.07, 6.45) is 3.29. The van der Waals surface area contributed by atoms with Crippen LogP contribution in [0.1, 0.15) is 12.1 Å². The van der Waals surface area contributed by atoms with Crippen molar-refractivity contribution in [2.45, 2.75) is 18.9 Å². The number of nitrogens with one attached hydrogen (secondary N) is 1. The van der Waals surface area contributed by atoms with E-state index in [1.807, 2.05) is 19.3 Å². The van der Waals surface area contributed by atoms with Crippen molar-refractivity contribution >= 4 is 0 Å². The minimum Gasteiger partial charge on any atom is -0.392 e. The van der Waals surface area contributed by atoms with Crippen LogP contribution in [0.25, 0.3) is 0 Å². The molecule has 86 valence electrons. The average Bonchev–Trinajstić information content (AvgIpc) is 2.67. The van der Waals surface area contributed by atoms with Gasteiger partial charge in [-0.25, -0.2) is 0 Å². The van der Waals surface area contributed by atoms with Gasteiger partial charge in [-0.3, -0.25) is 0 Å². The number of hydrogen-bond donors (Lipinski definition) is 3. The molecule has 15 heavy (non-hydrogen) atoms. The van der Waals surface area contributed by atoms with Gasteiger partial charge in [0.25, 0.3) is 0 Å². The number of aromatic nitrogens is 1. The summed E-state index contributed by atoms with van der Waals surface area (Å²) in [5.74, 6) is 0. The molecule has 4 heteroatoms. The van der Waals surface area contributed by atoms with E-state index in [-0.39, 0.29) is 6.10 Å². The molecule has 1 unspecified atom stereocenters. The van der Waals surface area contributed by atoms with Gasteiger partial charge >= 0.3 is 0 Å². The number of hydrogen-bond acceptors (Lipinski definition) is 3. The Labute approximate surface area is 91.1 Å². The van der Waals surface area contributed by atoms with E-state index in [0.29, 0.717) is 19.5 Å². The van der Waals surface area contributed by atoms with Crippen LogP contribution in [-0.2, 0) is 6.42 Å². The van der Waals surface area contributed by atoms with Gasteiger partial charge in [0.2, 0.25) is 0 Å². The molecule has 0 saturated heterocycles. The molecule has 0 aliphatic carbocycles. The van der Waals surface area contributed by atoms with Gasteiger partial charge in [0, 0.05) is 31.4 Å². The predicted molar refractivity (Wildman–Crippen MR) is 61.7 cm³/mol. The van der Waals surface area contributed by atoms with Gasteiger partial charge in [0.15, 0.2) is 0 Å². The molecule has 4 N–H and O–H groups in total. The van der Waals surface area contributed by atoms with Gasteiger partial charge in [-0.05, 0) is 32.1 Å². The lowest BCUT2D eigenvalue weighted by Crippen LogP contribution is -2.32. The van der Waals surface area contributed by atoms with E-state index in [1.54, 1.807) is 0 Å². The van der Waals surface area contributed by atoms with E-state index in [2.05, 4.69) is 16.0 Å². The second kappa shape index (κ2) is 6.61. The minimum atomic E-state index is -0.302. The highest BCUT2D eigenvalue weighted by molar-refractivity contribution is 5.03. The number of H-pyrrole nitrogens is 1. The van der Waals surface area contributed by atoms with Crippen LogP contribution in [0.3, 0.4) is 0 Å². The molecule has 4 nitrogen and oxygen atoms in total. The number of rotatable bonds is 7. The summed E-state index contributed by atoms with van der Waals surface area (Å²) in [6.45, 7) is 2.19. The molecule has 1 aromatic rings. The molecule has 1 aromatic heterocycles. The van der Waals surface area contributed by atoms with E-state index in [4.69, 9.17) is 5.73 Å². The van der Waals surface area contributed by atoms with Gasteiger partial charge in [0.05, 0.1) is 6.10 Å². The van der Waals surface area contributed by atoms with Crippen molar-refractivity contribution in [2.24, 2.45) is 5.73 Å². The van der Waals surface area contributed by atoms with Crippen LogP contribution < -0.4 is 5.73 Å². The third kappa shape index (κ3) is 4.97. The molecule has 0 amide bonds. The standard InChI is InChI=1S/C11H21N3O/c1-14(9-11(15)4-6-12)8-5-10-3-2-7-13-10/h2-3,7,11,13,15H,4-6,8-9,12H2,1H3. The normalized spacial score (nSPS) is 13.3. The summed E-state index contributed by atoms with van der Waals surface area (Å²) in [5, 5.41) is 9.55. The van der Waals surface area contributed by atoms with Crippen molar-refractivity contribution in [3.63, 3.8) is 0 Å². The fraction of sp³-hybridized carbons (Fsp3) is 0.636. The monoisotopic (exact) mass is 211 g/mol. The predicted octanol–water partition coefficient (Wildman–Crippen LogP) is 0.199. The Kier molecular flexibility index (Phi) is 5.39. The molecule has 0 aliphatic heterocycles. The van der Waals surface area contributed by atoms with Crippen LogP contribution >= 0.6 is 0 Å². The fourth-order valence-electron chi connectivity index (χ4n) is 1.57. The smallest absolute Gasteiger partial charge is 0.0679 e. The second-order valence-corrected chi connectivity index (χ2v) is 3.94. The summed E-state index contributed by atoms with van der Waals surface area (Å²) in [4.78, 5) is 5.29. The summed E-state index contributed by atoms with van der Waals surface area (Å²) in [5.41, 5.74) is 6.60. The van der Waals surface area contributed by atoms with Crippen molar-refractivity contribution in [3.05, 3.63) is 24.0 Å². The van der Waals surface area contributed by atoms with Gasteiger partial charge in [0.1, 0.15) is 0 Å². The first kappa shape index (κ1) is 12.2. The molecular formula is C11H21N3O. The third-order valence-corrected chi connectivity index (χ3v) is 2.45. The first-order chi connectivity index (χ1) is 7.22. The average molecular weight is 211 g/mol. The first-order valence-corrected chi connectivity index (χ1v) is 5.41. The van der Waals surface area contributed by atoms with Crippen LogP contribution in [0.4, 0.5) is 0 Å². The van der Waals surface area contributed by atoms with E-state index >= 15 is 0 Å². The summed E-state index contributed by atoms with van der Waals surface area (Å²) in [7, 11) is 2.02. The maximum atomic E-state index is 9.55. The lowest BCUT2D eigenvalue weighted by Gasteiger charge is -2.19. The highest BCUT2D eigenvalue weighted by Gasteiger charge is 2.07. The fourth-order valence-corrected chi connectivity index (χ4v) is 1.57.